The summed E-state index contributed by atoms with van der Waals surface area (Å²) in [7, 11) is 1.42. The second-order valence-electron chi connectivity index (χ2n) is 7.84. The molecule has 0 aliphatic heterocycles. The normalized spacial score (nSPS) is 11.8. The number of thioether (sulfide) groups is 2. The van der Waals surface area contributed by atoms with Crippen molar-refractivity contribution >= 4 is 35.3 Å². The lowest BCUT2D eigenvalue weighted by Gasteiger charge is -2.16. The van der Waals surface area contributed by atoms with Crippen LogP contribution in [0.5, 0.6) is 11.5 Å². The Hall–Kier alpha value is -2.12. The summed E-state index contributed by atoms with van der Waals surface area (Å²) in [6, 6.07) is 11.9. The third-order valence-corrected chi connectivity index (χ3v) is 7.53. The van der Waals surface area contributed by atoms with Gasteiger partial charge in [0.05, 0.1) is 19.3 Å². The molecule has 0 heterocycles. The maximum absolute atomic E-state index is 11.7. The SMILES string of the molecule is C[CH]SC(CCC(=O)OC)c1ccc(SCCCOc2ccc(C(C)=O)c(O)c2CCC)cc1. The Labute approximate surface area is 212 Å². The molecular weight excluding hydrogens is 468 g/mol. The van der Waals surface area contributed by atoms with Crippen LogP contribution >= 0.6 is 23.5 Å². The molecule has 0 saturated heterocycles. The summed E-state index contributed by atoms with van der Waals surface area (Å²) < 4.78 is 10.7. The molecule has 2 aromatic rings. The Bertz CT molecular complexity index is 927. The third-order valence-electron chi connectivity index (χ3n) is 5.32. The molecule has 0 bridgehead atoms. The summed E-state index contributed by atoms with van der Waals surface area (Å²) >= 11 is 3.50. The lowest BCUT2D eigenvalue weighted by molar-refractivity contribution is -0.140. The minimum atomic E-state index is -0.178. The lowest BCUT2D eigenvalue weighted by atomic mass is 10.0. The van der Waals surface area contributed by atoms with E-state index in [9.17, 15) is 14.7 Å². The van der Waals surface area contributed by atoms with Crippen molar-refractivity contribution in [2.75, 3.05) is 19.5 Å². The number of hydrogen-bond donors (Lipinski definition) is 1. The molecular formula is C27H35O5S2. The van der Waals surface area contributed by atoms with Gasteiger partial charge in [-0.25, -0.2) is 0 Å². The number of esters is 1. The number of benzene rings is 2. The van der Waals surface area contributed by atoms with Gasteiger partial charge in [0.1, 0.15) is 11.5 Å². The molecule has 0 fully saturated rings. The van der Waals surface area contributed by atoms with Crippen LogP contribution in [0.15, 0.2) is 41.3 Å². The van der Waals surface area contributed by atoms with E-state index in [1.54, 1.807) is 35.7 Å². The van der Waals surface area contributed by atoms with Crippen LogP contribution in [0.25, 0.3) is 0 Å². The standard InChI is InChI=1S/C27H35O5S2/c1-5-8-23-24(14-13-22(19(3)28)27(23)30)32-17-7-18-34-21-11-9-20(10-12-21)25(33-6-2)15-16-26(29)31-4/h6,9-14,25,30H,5,7-8,15-18H2,1-4H3. The summed E-state index contributed by atoms with van der Waals surface area (Å²) in [5.41, 5.74) is 2.26. The van der Waals surface area contributed by atoms with Crippen molar-refractivity contribution in [2.24, 2.45) is 0 Å². The van der Waals surface area contributed by atoms with Gasteiger partial charge in [-0.15, -0.1) is 23.5 Å². The second-order valence-corrected chi connectivity index (χ2v) is 10.3. The van der Waals surface area contributed by atoms with Gasteiger partial charge in [0.2, 0.25) is 0 Å². The Kier molecular flexibility index (Phi) is 12.4. The third kappa shape index (κ3) is 8.58. The number of hydrogen-bond acceptors (Lipinski definition) is 7. The quantitative estimate of drug-likeness (QED) is 0.121. The lowest BCUT2D eigenvalue weighted by Crippen LogP contribution is -2.04. The van der Waals surface area contributed by atoms with Crippen LogP contribution in [0.3, 0.4) is 0 Å². The van der Waals surface area contributed by atoms with Crippen molar-refractivity contribution in [3.8, 4) is 11.5 Å². The van der Waals surface area contributed by atoms with Gasteiger partial charge >= 0.3 is 5.97 Å². The molecule has 0 aliphatic carbocycles. The highest BCUT2D eigenvalue weighted by Crippen LogP contribution is 2.36. The number of rotatable bonds is 15. The van der Waals surface area contributed by atoms with E-state index in [0.29, 0.717) is 36.3 Å². The van der Waals surface area contributed by atoms with Gasteiger partial charge in [0, 0.05) is 33.6 Å². The number of methoxy groups -OCH3 is 1. The number of ketones is 1. The molecule has 2 aromatic carbocycles. The smallest absolute Gasteiger partial charge is 0.305 e. The van der Waals surface area contributed by atoms with E-state index in [1.165, 1.54) is 24.5 Å². The fraction of sp³-hybridized carbons (Fsp3) is 0.444. The van der Waals surface area contributed by atoms with Crippen LogP contribution in [-0.2, 0) is 16.0 Å². The van der Waals surface area contributed by atoms with E-state index in [-0.39, 0.29) is 22.8 Å². The highest BCUT2D eigenvalue weighted by molar-refractivity contribution is 8.01. The first kappa shape index (κ1) is 28.1. The summed E-state index contributed by atoms with van der Waals surface area (Å²) in [6.07, 6.45) is 3.53. The maximum atomic E-state index is 11.7. The summed E-state index contributed by atoms with van der Waals surface area (Å²) in [4.78, 5) is 24.4. The fourth-order valence-corrected chi connectivity index (χ4v) is 5.29. The highest BCUT2D eigenvalue weighted by Gasteiger charge is 2.16. The van der Waals surface area contributed by atoms with E-state index in [0.717, 1.165) is 25.0 Å². The number of ether oxygens (including phenoxy) is 2. The zero-order valence-electron chi connectivity index (χ0n) is 20.5. The molecule has 1 radical (unpaired) electrons. The Morgan fingerprint density at radius 3 is 2.50 bits per heavy atom. The molecule has 1 unspecified atom stereocenters. The molecule has 0 amide bonds. The highest BCUT2D eigenvalue weighted by atomic mass is 32.2. The van der Waals surface area contributed by atoms with E-state index in [2.05, 4.69) is 30.0 Å². The molecule has 34 heavy (non-hydrogen) atoms. The van der Waals surface area contributed by atoms with Gasteiger partial charge in [-0.05, 0) is 56.0 Å². The monoisotopic (exact) mass is 503 g/mol. The molecule has 1 N–H and O–H groups in total. The van der Waals surface area contributed by atoms with Crippen molar-refractivity contribution in [1.29, 1.82) is 0 Å². The average molecular weight is 504 g/mol. The summed E-state index contributed by atoms with van der Waals surface area (Å²) in [5.74, 6) is 3.34. The average Bonchev–Trinajstić information content (AvgIpc) is 2.83. The molecule has 2 rings (SSSR count). The molecule has 5 nitrogen and oxygen atoms in total. The fourth-order valence-electron chi connectivity index (χ4n) is 3.57. The van der Waals surface area contributed by atoms with Gasteiger partial charge < -0.3 is 14.6 Å². The Morgan fingerprint density at radius 2 is 1.88 bits per heavy atom. The predicted octanol–water partition coefficient (Wildman–Crippen LogP) is 7.02. The minimum Gasteiger partial charge on any atom is -0.507 e. The number of aromatic hydroxyl groups is 1. The van der Waals surface area contributed by atoms with Crippen LogP contribution in [0.2, 0.25) is 0 Å². The Balaban J connectivity index is 1.85. The van der Waals surface area contributed by atoms with E-state index < -0.39 is 0 Å². The zero-order valence-corrected chi connectivity index (χ0v) is 22.1. The first-order valence-electron chi connectivity index (χ1n) is 11.6. The molecule has 185 valence electrons. The van der Waals surface area contributed by atoms with Gasteiger partial charge in [-0.1, -0.05) is 32.4 Å². The number of Topliss-reactive ketones (excluding diaryl/α,β-unsaturated/α-hetero) is 1. The van der Waals surface area contributed by atoms with Crippen LogP contribution in [-0.4, -0.2) is 36.3 Å². The Morgan fingerprint density at radius 1 is 1.15 bits per heavy atom. The van der Waals surface area contributed by atoms with E-state index in [4.69, 9.17) is 9.47 Å². The van der Waals surface area contributed by atoms with Crippen molar-refractivity contribution in [2.45, 2.75) is 63.0 Å². The summed E-state index contributed by atoms with van der Waals surface area (Å²) in [5, 5.41) is 10.7. The zero-order chi connectivity index (χ0) is 24.9. The van der Waals surface area contributed by atoms with Crippen LogP contribution in [0.1, 0.15) is 73.2 Å². The van der Waals surface area contributed by atoms with Crippen LogP contribution in [0, 0.1) is 5.75 Å². The predicted molar refractivity (Wildman–Crippen MR) is 141 cm³/mol. The number of phenolic OH excluding ortho intramolecular Hbond substituents is 1. The molecule has 0 saturated carbocycles. The molecule has 0 aromatic heterocycles. The number of phenols is 1. The molecule has 7 heteroatoms. The van der Waals surface area contributed by atoms with Gasteiger partial charge in [-0.3, -0.25) is 9.59 Å². The van der Waals surface area contributed by atoms with Crippen molar-refractivity contribution in [3.05, 3.63) is 58.8 Å². The summed E-state index contributed by atoms with van der Waals surface area (Å²) in [6.45, 7) is 6.04. The minimum absolute atomic E-state index is 0.0463. The van der Waals surface area contributed by atoms with E-state index in [1.807, 2.05) is 13.8 Å². The first-order valence-corrected chi connectivity index (χ1v) is 13.6. The molecule has 1 atom stereocenters. The number of carbonyl (C=O) groups excluding carboxylic acids is 2. The first-order chi connectivity index (χ1) is 16.4. The molecule has 0 spiro atoms. The topological polar surface area (TPSA) is 72.8 Å². The van der Waals surface area contributed by atoms with Crippen molar-refractivity contribution in [1.82, 2.24) is 0 Å². The number of carbonyl (C=O) groups is 2. The second kappa shape index (κ2) is 15.0. The van der Waals surface area contributed by atoms with Gasteiger partial charge in [0.25, 0.3) is 0 Å². The van der Waals surface area contributed by atoms with Crippen LogP contribution < -0.4 is 4.74 Å². The van der Waals surface area contributed by atoms with Gasteiger partial charge in [-0.2, -0.15) is 0 Å². The van der Waals surface area contributed by atoms with Gasteiger partial charge in [0.15, 0.2) is 5.78 Å². The van der Waals surface area contributed by atoms with Crippen molar-refractivity contribution in [3.63, 3.8) is 0 Å². The largest absolute Gasteiger partial charge is 0.507 e. The van der Waals surface area contributed by atoms with Crippen molar-refractivity contribution < 1.29 is 24.2 Å². The molecule has 0 aliphatic rings. The van der Waals surface area contributed by atoms with Crippen LogP contribution in [0.4, 0.5) is 0 Å². The van der Waals surface area contributed by atoms with E-state index >= 15 is 0 Å². The maximum Gasteiger partial charge on any atom is 0.305 e.